The number of aryl methyl sites for hydroxylation is 2. The molecule has 1 atom stereocenters. The standard InChI is InChI=1S/C27H32N2O3/c1-18-6-5-14-28(17-18)25-24(22-10-7-19(2)20(3)16-22)26(30)29(27(25)31)15-13-21-8-11-23(32-4)12-9-21/h7-12,16,18H,5-6,13-15,17H2,1-4H3. The summed E-state index contributed by atoms with van der Waals surface area (Å²) < 4.78 is 5.22. The SMILES string of the molecule is COc1ccc(CCN2C(=O)C(c3ccc(C)c(C)c3)=C(N3CCCC(C)C3)C2=O)cc1. The van der Waals surface area contributed by atoms with Gasteiger partial charge >= 0.3 is 0 Å². The van der Waals surface area contributed by atoms with Crippen LogP contribution < -0.4 is 4.74 Å². The number of ether oxygens (including phenoxy) is 1. The summed E-state index contributed by atoms with van der Waals surface area (Å²) in [6.45, 7) is 8.32. The van der Waals surface area contributed by atoms with E-state index < -0.39 is 0 Å². The Kier molecular flexibility index (Phi) is 6.35. The molecule has 0 radical (unpaired) electrons. The minimum Gasteiger partial charge on any atom is -0.497 e. The van der Waals surface area contributed by atoms with E-state index in [9.17, 15) is 9.59 Å². The molecule has 5 nitrogen and oxygen atoms in total. The molecule has 1 fully saturated rings. The summed E-state index contributed by atoms with van der Waals surface area (Å²) >= 11 is 0. The molecule has 2 aromatic carbocycles. The van der Waals surface area contributed by atoms with Crippen LogP contribution in [0.3, 0.4) is 0 Å². The summed E-state index contributed by atoms with van der Waals surface area (Å²) in [4.78, 5) is 30.7. The first-order chi connectivity index (χ1) is 15.4. The van der Waals surface area contributed by atoms with E-state index >= 15 is 0 Å². The van der Waals surface area contributed by atoms with Crippen LogP contribution in [0.2, 0.25) is 0 Å². The smallest absolute Gasteiger partial charge is 0.277 e. The highest BCUT2D eigenvalue weighted by Gasteiger charge is 2.42. The second-order valence-electron chi connectivity index (χ2n) is 9.08. The monoisotopic (exact) mass is 432 g/mol. The fraction of sp³-hybridized carbons (Fsp3) is 0.407. The van der Waals surface area contributed by atoms with Crippen LogP contribution in [0.4, 0.5) is 0 Å². The average Bonchev–Trinajstić information content (AvgIpc) is 3.04. The third kappa shape index (κ3) is 4.29. The van der Waals surface area contributed by atoms with E-state index in [1.54, 1.807) is 7.11 Å². The van der Waals surface area contributed by atoms with Crippen molar-refractivity contribution < 1.29 is 14.3 Å². The number of methoxy groups -OCH3 is 1. The van der Waals surface area contributed by atoms with Crippen molar-refractivity contribution >= 4 is 17.4 Å². The summed E-state index contributed by atoms with van der Waals surface area (Å²) in [5, 5.41) is 0. The highest BCUT2D eigenvalue weighted by atomic mass is 16.5. The quantitative estimate of drug-likeness (QED) is 0.636. The second kappa shape index (κ2) is 9.19. The Bertz CT molecular complexity index is 1060. The molecule has 0 aliphatic carbocycles. The lowest BCUT2D eigenvalue weighted by Gasteiger charge is -2.33. The molecule has 0 bridgehead atoms. The molecule has 5 heteroatoms. The Labute approximate surface area is 190 Å². The molecule has 4 rings (SSSR count). The first-order valence-electron chi connectivity index (χ1n) is 11.4. The van der Waals surface area contributed by atoms with Gasteiger partial charge in [-0.05, 0) is 73.4 Å². The third-order valence-corrected chi connectivity index (χ3v) is 6.70. The Morgan fingerprint density at radius 2 is 1.75 bits per heavy atom. The fourth-order valence-electron chi connectivity index (χ4n) is 4.64. The third-order valence-electron chi connectivity index (χ3n) is 6.70. The van der Waals surface area contributed by atoms with Crippen LogP contribution in [0.1, 0.15) is 42.0 Å². The molecule has 32 heavy (non-hydrogen) atoms. The van der Waals surface area contributed by atoms with Crippen LogP contribution in [-0.4, -0.2) is 48.4 Å². The fourth-order valence-corrected chi connectivity index (χ4v) is 4.64. The van der Waals surface area contributed by atoms with Gasteiger partial charge in [0.25, 0.3) is 11.8 Å². The average molecular weight is 433 g/mol. The Hall–Kier alpha value is -3.08. The maximum absolute atomic E-state index is 13.6. The van der Waals surface area contributed by atoms with Gasteiger partial charge in [0.2, 0.25) is 0 Å². The number of likely N-dealkylation sites (tertiary alicyclic amines) is 1. The summed E-state index contributed by atoms with van der Waals surface area (Å²) in [6, 6.07) is 13.8. The van der Waals surface area contributed by atoms with Crippen molar-refractivity contribution in [2.45, 2.75) is 40.0 Å². The van der Waals surface area contributed by atoms with E-state index in [4.69, 9.17) is 4.74 Å². The predicted molar refractivity (Wildman–Crippen MR) is 126 cm³/mol. The van der Waals surface area contributed by atoms with E-state index in [1.807, 2.05) is 49.4 Å². The van der Waals surface area contributed by atoms with Gasteiger partial charge in [0.15, 0.2) is 0 Å². The number of carbonyl (C=O) groups excluding carboxylic acids is 2. The molecule has 0 aromatic heterocycles. The molecule has 0 saturated carbocycles. The van der Waals surface area contributed by atoms with Crippen molar-refractivity contribution in [2.75, 3.05) is 26.7 Å². The molecule has 2 aliphatic rings. The maximum atomic E-state index is 13.6. The molecule has 1 saturated heterocycles. The van der Waals surface area contributed by atoms with Gasteiger partial charge < -0.3 is 9.64 Å². The van der Waals surface area contributed by atoms with Gasteiger partial charge in [-0.25, -0.2) is 0 Å². The minimum absolute atomic E-state index is 0.161. The van der Waals surface area contributed by atoms with E-state index in [-0.39, 0.29) is 11.8 Å². The number of imide groups is 1. The van der Waals surface area contributed by atoms with Gasteiger partial charge in [-0.1, -0.05) is 37.3 Å². The van der Waals surface area contributed by atoms with Crippen molar-refractivity contribution in [1.82, 2.24) is 9.80 Å². The Morgan fingerprint density at radius 1 is 1.00 bits per heavy atom. The van der Waals surface area contributed by atoms with Crippen molar-refractivity contribution in [2.24, 2.45) is 5.92 Å². The number of nitrogens with zero attached hydrogens (tertiary/aromatic N) is 2. The van der Waals surface area contributed by atoms with Gasteiger partial charge in [0.05, 0.1) is 12.7 Å². The van der Waals surface area contributed by atoms with Crippen LogP contribution in [0.25, 0.3) is 5.57 Å². The number of hydrogen-bond donors (Lipinski definition) is 0. The molecule has 0 N–H and O–H groups in total. The van der Waals surface area contributed by atoms with Gasteiger partial charge in [-0.3, -0.25) is 14.5 Å². The summed E-state index contributed by atoms with van der Waals surface area (Å²) in [7, 11) is 1.64. The number of hydrogen-bond acceptors (Lipinski definition) is 4. The van der Waals surface area contributed by atoms with Crippen molar-refractivity contribution in [3.63, 3.8) is 0 Å². The van der Waals surface area contributed by atoms with Crippen LogP contribution in [0.15, 0.2) is 48.2 Å². The first-order valence-corrected chi connectivity index (χ1v) is 11.4. The molecule has 0 spiro atoms. The normalized spacial score (nSPS) is 19.2. The van der Waals surface area contributed by atoms with Gasteiger partial charge in [0, 0.05) is 19.6 Å². The zero-order valence-electron chi connectivity index (χ0n) is 19.5. The zero-order chi connectivity index (χ0) is 22.8. The van der Waals surface area contributed by atoms with Crippen molar-refractivity contribution in [1.29, 1.82) is 0 Å². The van der Waals surface area contributed by atoms with E-state index in [2.05, 4.69) is 18.7 Å². The molecule has 168 valence electrons. The molecule has 2 aromatic rings. The first kappa shape index (κ1) is 22.1. The summed E-state index contributed by atoms with van der Waals surface area (Å²) in [6.07, 6.45) is 2.82. The molecule has 1 unspecified atom stereocenters. The molecular weight excluding hydrogens is 400 g/mol. The Balaban J connectivity index is 1.64. The van der Waals surface area contributed by atoms with Gasteiger partial charge in [-0.2, -0.15) is 0 Å². The number of rotatable bonds is 6. The summed E-state index contributed by atoms with van der Waals surface area (Å²) in [5.74, 6) is 0.960. The van der Waals surface area contributed by atoms with Gasteiger partial charge in [-0.15, -0.1) is 0 Å². The van der Waals surface area contributed by atoms with Crippen LogP contribution in [-0.2, 0) is 16.0 Å². The molecule has 2 amide bonds. The maximum Gasteiger partial charge on any atom is 0.277 e. The molecule has 2 heterocycles. The van der Waals surface area contributed by atoms with E-state index in [0.29, 0.717) is 30.2 Å². The minimum atomic E-state index is -0.181. The lowest BCUT2D eigenvalue weighted by atomic mass is 9.96. The number of benzene rings is 2. The van der Waals surface area contributed by atoms with Crippen LogP contribution in [0.5, 0.6) is 5.75 Å². The highest BCUT2D eigenvalue weighted by Crippen LogP contribution is 2.34. The van der Waals surface area contributed by atoms with Crippen molar-refractivity contribution in [3.8, 4) is 5.75 Å². The molecule has 2 aliphatic heterocycles. The zero-order valence-corrected chi connectivity index (χ0v) is 19.5. The van der Waals surface area contributed by atoms with Crippen LogP contribution in [0, 0.1) is 19.8 Å². The lowest BCUT2D eigenvalue weighted by Crippen LogP contribution is -2.39. The van der Waals surface area contributed by atoms with Crippen LogP contribution >= 0.6 is 0 Å². The predicted octanol–water partition coefficient (Wildman–Crippen LogP) is 4.37. The van der Waals surface area contributed by atoms with E-state index in [1.165, 1.54) is 10.5 Å². The summed E-state index contributed by atoms with van der Waals surface area (Å²) in [5.41, 5.74) is 5.35. The number of amides is 2. The number of carbonyl (C=O) groups is 2. The topological polar surface area (TPSA) is 49.9 Å². The Morgan fingerprint density at radius 3 is 2.41 bits per heavy atom. The van der Waals surface area contributed by atoms with E-state index in [0.717, 1.165) is 48.4 Å². The lowest BCUT2D eigenvalue weighted by molar-refractivity contribution is -0.137. The van der Waals surface area contributed by atoms with Crippen molar-refractivity contribution in [3.05, 3.63) is 70.4 Å². The largest absolute Gasteiger partial charge is 0.497 e. The number of piperidine rings is 1. The second-order valence-corrected chi connectivity index (χ2v) is 9.08. The molecular formula is C27H32N2O3. The van der Waals surface area contributed by atoms with Gasteiger partial charge in [0.1, 0.15) is 11.4 Å². The highest BCUT2D eigenvalue weighted by molar-refractivity contribution is 6.35.